The van der Waals surface area contributed by atoms with Gasteiger partial charge in [-0.3, -0.25) is 0 Å². The van der Waals surface area contributed by atoms with Crippen LogP contribution >= 0.6 is 22.7 Å². The minimum absolute atomic E-state index is 0.850. The molecule has 0 saturated carbocycles. The van der Waals surface area contributed by atoms with E-state index in [4.69, 9.17) is 4.42 Å². The van der Waals surface area contributed by atoms with Gasteiger partial charge in [-0.2, -0.15) is 0 Å². The van der Waals surface area contributed by atoms with Crippen molar-refractivity contribution in [1.29, 1.82) is 0 Å². The highest BCUT2D eigenvalue weighted by Crippen LogP contribution is 2.49. The van der Waals surface area contributed by atoms with Crippen LogP contribution in [-0.2, 0) is 0 Å². The molecule has 0 aliphatic heterocycles. The summed E-state index contributed by atoms with van der Waals surface area (Å²) in [6, 6.07) is 88.5. The lowest BCUT2D eigenvalue weighted by atomic mass is 9.97. The van der Waals surface area contributed by atoms with Crippen molar-refractivity contribution in [3.05, 3.63) is 243 Å². The smallest absolute Gasteiger partial charge is 0.145 e. The lowest BCUT2D eigenvalue weighted by Crippen LogP contribution is -2.10. The summed E-state index contributed by atoms with van der Waals surface area (Å²) in [5.41, 5.74) is 15.3. The molecule has 0 saturated heterocycles. The van der Waals surface area contributed by atoms with Crippen molar-refractivity contribution in [3.63, 3.8) is 0 Å². The minimum atomic E-state index is 0.850. The fourth-order valence-corrected chi connectivity index (χ4v) is 13.7. The van der Waals surface area contributed by atoms with Gasteiger partial charge in [-0.15, -0.1) is 22.7 Å². The third kappa shape index (κ3) is 6.20. The Labute approximate surface area is 416 Å². The van der Waals surface area contributed by atoms with E-state index in [1.165, 1.54) is 84.4 Å². The van der Waals surface area contributed by atoms with E-state index in [-0.39, 0.29) is 0 Å². The number of hydrogen-bond acceptors (Lipinski definition) is 4. The molecule has 11 aromatic carbocycles. The van der Waals surface area contributed by atoms with Gasteiger partial charge in [-0.05, 0) is 101 Å². The molecular weight excluding hydrogens is 901 g/mol. The molecule has 0 N–H and O–H groups in total. The van der Waals surface area contributed by atoms with E-state index in [9.17, 15) is 0 Å². The lowest BCUT2D eigenvalue weighted by Gasteiger charge is -2.27. The van der Waals surface area contributed by atoms with Crippen LogP contribution in [0.4, 0.5) is 17.1 Å². The van der Waals surface area contributed by atoms with Crippen LogP contribution in [0.3, 0.4) is 0 Å². The van der Waals surface area contributed by atoms with Gasteiger partial charge in [0.25, 0.3) is 0 Å². The van der Waals surface area contributed by atoms with E-state index in [1.54, 1.807) is 0 Å². The van der Waals surface area contributed by atoms with Crippen molar-refractivity contribution >= 4 is 124 Å². The van der Waals surface area contributed by atoms with Crippen molar-refractivity contribution in [1.82, 2.24) is 4.57 Å². The highest BCUT2D eigenvalue weighted by atomic mass is 32.1. The average Bonchev–Trinajstić information content (AvgIpc) is 4.21. The van der Waals surface area contributed by atoms with Crippen molar-refractivity contribution in [2.75, 3.05) is 4.90 Å². The van der Waals surface area contributed by atoms with E-state index in [0.29, 0.717) is 0 Å². The molecule has 15 aromatic rings. The van der Waals surface area contributed by atoms with Gasteiger partial charge < -0.3 is 13.9 Å². The van der Waals surface area contributed by atoms with E-state index in [0.717, 1.165) is 55.8 Å². The van der Waals surface area contributed by atoms with Crippen LogP contribution < -0.4 is 4.90 Å². The quantitative estimate of drug-likeness (QED) is 0.159. The summed E-state index contributed by atoms with van der Waals surface area (Å²) in [6.45, 7) is 0. The molecule has 0 fully saturated rings. The van der Waals surface area contributed by atoms with Crippen LogP contribution in [0.25, 0.3) is 123 Å². The molecule has 0 radical (unpaired) electrons. The maximum Gasteiger partial charge on any atom is 0.145 e. The third-order valence-corrected chi connectivity index (χ3v) is 16.8. The topological polar surface area (TPSA) is 21.3 Å². The summed E-state index contributed by atoms with van der Waals surface area (Å²) in [5, 5.41) is 9.81. The van der Waals surface area contributed by atoms with E-state index < -0.39 is 0 Å². The van der Waals surface area contributed by atoms with E-state index in [2.05, 4.69) is 252 Å². The summed E-state index contributed by atoms with van der Waals surface area (Å²) in [6.07, 6.45) is 0. The molecule has 0 aliphatic carbocycles. The second-order valence-electron chi connectivity index (χ2n) is 18.3. The Morgan fingerprint density at radius 2 is 0.873 bits per heavy atom. The average molecular weight is 941 g/mol. The number of rotatable bonds is 7. The predicted octanol–water partition coefficient (Wildman–Crippen LogP) is 19.9. The van der Waals surface area contributed by atoms with Crippen molar-refractivity contribution in [2.24, 2.45) is 0 Å². The predicted molar refractivity (Wildman–Crippen MR) is 305 cm³/mol. The number of aromatic nitrogens is 1. The first kappa shape index (κ1) is 40.2. The Balaban J connectivity index is 0.938. The molecule has 0 unspecified atom stereocenters. The molecule has 0 bridgehead atoms. The molecule has 71 heavy (non-hydrogen) atoms. The van der Waals surface area contributed by atoms with Crippen molar-refractivity contribution in [3.8, 4) is 39.1 Å². The Hall–Kier alpha value is -8.74. The fourth-order valence-electron chi connectivity index (χ4n) is 11.3. The largest absolute Gasteiger partial charge is 0.455 e. The number of nitrogens with zero attached hydrogens (tertiary/aromatic N) is 2. The summed E-state index contributed by atoms with van der Waals surface area (Å²) in [4.78, 5) is 2.42. The number of benzene rings is 11. The van der Waals surface area contributed by atoms with Gasteiger partial charge in [0.2, 0.25) is 0 Å². The Kier molecular flexibility index (Phi) is 9.00. The van der Waals surface area contributed by atoms with Gasteiger partial charge in [0.15, 0.2) is 0 Å². The number of thiophene rings is 2. The van der Waals surface area contributed by atoms with Gasteiger partial charge in [0.05, 0.1) is 27.8 Å². The minimum Gasteiger partial charge on any atom is -0.455 e. The molecule has 0 spiro atoms. The lowest BCUT2D eigenvalue weighted by molar-refractivity contribution is 0.670. The molecule has 3 nitrogen and oxygen atoms in total. The zero-order valence-electron chi connectivity index (χ0n) is 38.2. The highest BCUT2D eigenvalue weighted by Gasteiger charge is 2.25. The monoisotopic (exact) mass is 940 g/mol. The number of anilines is 3. The van der Waals surface area contributed by atoms with Gasteiger partial charge >= 0.3 is 0 Å². The third-order valence-electron chi connectivity index (χ3n) is 14.4. The van der Waals surface area contributed by atoms with E-state index >= 15 is 0 Å². The summed E-state index contributed by atoms with van der Waals surface area (Å²) >= 11 is 3.73. The highest BCUT2D eigenvalue weighted by molar-refractivity contribution is 7.26. The summed E-state index contributed by atoms with van der Waals surface area (Å²) in [7, 11) is 0. The molecule has 332 valence electrons. The van der Waals surface area contributed by atoms with Crippen molar-refractivity contribution in [2.45, 2.75) is 0 Å². The van der Waals surface area contributed by atoms with Crippen LogP contribution in [0.5, 0.6) is 0 Å². The van der Waals surface area contributed by atoms with Crippen LogP contribution in [-0.4, -0.2) is 4.57 Å². The number of para-hydroxylation sites is 4. The van der Waals surface area contributed by atoms with E-state index in [1.807, 2.05) is 22.7 Å². The molecule has 15 rings (SSSR count). The molecule has 0 atom stereocenters. The zero-order valence-corrected chi connectivity index (χ0v) is 39.8. The normalized spacial score (nSPS) is 11.9. The Morgan fingerprint density at radius 1 is 0.338 bits per heavy atom. The fraction of sp³-hybridized carbons (Fsp3) is 0. The molecular formula is C66H40N2OS2. The second kappa shape index (κ2) is 15.9. The van der Waals surface area contributed by atoms with Crippen LogP contribution in [0.1, 0.15) is 0 Å². The van der Waals surface area contributed by atoms with Gasteiger partial charge in [0, 0.05) is 79.0 Å². The first-order valence-electron chi connectivity index (χ1n) is 24.1. The van der Waals surface area contributed by atoms with Crippen LogP contribution in [0.15, 0.2) is 247 Å². The Bertz CT molecular complexity index is 4540. The van der Waals surface area contributed by atoms with Crippen molar-refractivity contribution < 1.29 is 4.42 Å². The molecule has 4 aromatic heterocycles. The number of hydrogen-bond donors (Lipinski definition) is 0. The van der Waals surface area contributed by atoms with Gasteiger partial charge in [0.1, 0.15) is 11.2 Å². The second-order valence-corrected chi connectivity index (χ2v) is 20.4. The van der Waals surface area contributed by atoms with Gasteiger partial charge in [-0.1, -0.05) is 164 Å². The maximum absolute atomic E-state index is 7.10. The summed E-state index contributed by atoms with van der Waals surface area (Å²) in [5.74, 6) is 0. The molecule has 0 amide bonds. The SMILES string of the molecule is c1ccc(-n2c3ccccc3c3ccccc32)c(-c2ccc(N(c3ccc(-c4cccc5c4sc4ccccc45)cc3)c3ccc(-c4cccc5sc6ccccc6c45)cc3)c3c2oc2ccccc23)c1. The van der Waals surface area contributed by atoms with Crippen LogP contribution in [0, 0.1) is 0 Å². The maximum atomic E-state index is 7.10. The number of furan rings is 1. The molecule has 0 aliphatic rings. The standard InChI is InChI=1S/C66H40N2OS2/c1-7-24-55-47(15-1)48-16-2-8-25-56(48)68(55)57-26-9-3-17-49(57)51-39-40-58(64-53-19-4-10-27-59(53)69-65(51)64)67(43-35-31-41(32-36-43)45-21-14-30-62-63(45)54-20-6-12-29-61(54)70-62)44-37-33-42(34-38-44)46-22-13-23-52-50-18-5-11-28-60(50)71-66(46)52/h1-40H. The van der Waals surface area contributed by atoms with Crippen LogP contribution in [0.2, 0.25) is 0 Å². The number of fused-ring (bicyclic) bond motifs is 12. The molecule has 5 heteroatoms. The summed E-state index contributed by atoms with van der Waals surface area (Å²) < 4.78 is 14.7. The zero-order chi connectivity index (χ0) is 46.6. The first-order chi connectivity index (χ1) is 35.2. The molecule has 4 heterocycles. The van der Waals surface area contributed by atoms with Gasteiger partial charge in [-0.25, -0.2) is 0 Å². The Morgan fingerprint density at radius 3 is 1.62 bits per heavy atom. The first-order valence-corrected chi connectivity index (χ1v) is 25.7.